The lowest BCUT2D eigenvalue weighted by atomic mass is 10.1. The van der Waals surface area contributed by atoms with Gasteiger partial charge in [0.25, 0.3) is 0 Å². The van der Waals surface area contributed by atoms with Crippen LogP contribution in [0.2, 0.25) is 0 Å². The van der Waals surface area contributed by atoms with Gasteiger partial charge in [0.05, 0.1) is 0 Å². The molecule has 1 atom stereocenters. The molecule has 0 aromatic carbocycles. The summed E-state index contributed by atoms with van der Waals surface area (Å²) in [5, 5.41) is 0. The second-order valence-electron chi connectivity index (χ2n) is 18.8. The Morgan fingerprint density at radius 1 is 0.288 bits per heavy atom. The molecule has 0 amide bonds. The van der Waals surface area contributed by atoms with Crippen LogP contribution in [0.3, 0.4) is 0 Å². The first-order valence-electron chi connectivity index (χ1n) is 29.3. The molecule has 0 rings (SSSR count). The minimum atomic E-state index is -0.818. The molecular formula is C67H106O6. The highest BCUT2D eigenvalue weighted by molar-refractivity contribution is 5.71. The van der Waals surface area contributed by atoms with Gasteiger partial charge in [0, 0.05) is 19.3 Å². The van der Waals surface area contributed by atoms with Crippen molar-refractivity contribution in [3.05, 3.63) is 146 Å². The van der Waals surface area contributed by atoms with E-state index in [1.165, 1.54) is 51.4 Å². The summed E-state index contributed by atoms with van der Waals surface area (Å²) in [4.78, 5) is 38.1. The third kappa shape index (κ3) is 58.1. The highest BCUT2D eigenvalue weighted by Gasteiger charge is 2.19. The Bertz CT molecular complexity index is 1630. The van der Waals surface area contributed by atoms with Gasteiger partial charge in [-0.15, -0.1) is 0 Å². The van der Waals surface area contributed by atoms with Gasteiger partial charge < -0.3 is 14.2 Å². The number of unbranched alkanes of at least 4 members (excludes halogenated alkanes) is 16. The first-order chi connectivity index (χ1) is 36.0. The first-order valence-corrected chi connectivity index (χ1v) is 29.3. The molecule has 0 N–H and O–H groups in total. The standard InChI is InChI=1S/C67H106O6/c1-4-7-10-13-16-19-22-24-26-27-28-29-30-31-32-33-34-35-36-37-38-39-41-42-45-48-51-54-57-60-66(69)72-63-64(62-71-65(68)59-56-53-50-47-44-21-18-15-12-9-6-3)73-67(70)61-58-55-52-49-46-43-40-25-23-20-17-14-11-8-5-2/h7,10,15-20,24-26,28-29,31-32,34-35,37-38,40-42,48,51,64H,4-6,8-9,11-14,21-23,27,30,33,36,39,43-47,49-50,52-63H2,1-3H3/b10-7-,18-15-,19-16-,20-17-,26-24-,29-28-,32-31-,35-34-,38-37-,40-25-,42-41-,51-48-. The Balaban J connectivity index is 4.43. The summed E-state index contributed by atoms with van der Waals surface area (Å²) >= 11 is 0. The summed E-state index contributed by atoms with van der Waals surface area (Å²) in [5.74, 6) is -1.00. The van der Waals surface area contributed by atoms with Crippen LogP contribution in [0.4, 0.5) is 0 Å². The third-order valence-corrected chi connectivity index (χ3v) is 11.8. The molecule has 0 heterocycles. The number of hydrogen-bond acceptors (Lipinski definition) is 6. The van der Waals surface area contributed by atoms with Crippen molar-refractivity contribution in [3.63, 3.8) is 0 Å². The van der Waals surface area contributed by atoms with Crippen LogP contribution >= 0.6 is 0 Å². The van der Waals surface area contributed by atoms with Crippen LogP contribution in [0.5, 0.6) is 0 Å². The van der Waals surface area contributed by atoms with Gasteiger partial charge in [-0.3, -0.25) is 14.4 Å². The van der Waals surface area contributed by atoms with Gasteiger partial charge >= 0.3 is 17.9 Å². The predicted molar refractivity (Wildman–Crippen MR) is 315 cm³/mol. The number of hydrogen-bond donors (Lipinski definition) is 0. The number of allylic oxidation sites excluding steroid dienone is 24. The van der Waals surface area contributed by atoms with E-state index in [2.05, 4.69) is 167 Å². The Morgan fingerprint density at radius 2 is 0.562 bits per heavy atom. The quantitative estimate of drug-likeness (QED) is 0.0261. The molecular weight excluding hydrogens is 901 g/mol. The molecule has 0 aliphatic heterocycles. The second-order valence-corrected chi connectivity index (χ2v) is 18.8. The third-order valence-electron chi connectivity index (χ3n) is 11.8. The number of esters is 3. The summed E-state index contributed by atoms with van der Waals surface area (Å²) in [6.07, 6.45) is 85.6. The number of ether oxygens (including phenoxy) is 3. The van der Waals surface area contributed by atoms with Gasteiger partial charge in [-0.25, -0.2) is 0 Å². The molecule has 6 nitrogen and oxygen atoms in total. The maximum atomic E-state index is 12.8. The lowest BCUT2D eigenvalue weighted by molar-refractivity contribution is -0.167. The summed E-state index contributed by atoms with van der Waals surface area (Å²) in [5.41, 5.74) is 0. The van der Waals surface area contributed by atoms with Crippen LogP contribution in [0.15, 0.2) is 146 Å². The second kappa shape index (κ2) is 59.8. The van der Waals surface area contributed by atoms with Gasteiger partial charge in [-0.2, -0.15) is 0 Å². The number of carbonyl (C=O) groups is 3. The van der Waals surface area contributed by atoms with Gasteiger partial charge in [-0.1, -0.05) is 231 Å². The van der Waals surface area contributed by atoms with E-state index in [1.54, 1.807) is 0 Å². The minimum absolute atomic E-state index is 0.111. The molecule has 0 bridgehead atoms. The maximum absolute atomic E-state index is 12.8. The summed E-state index contributed by atoms with van der Waals surface area (Å²) in [6, 6.07) is 0. The molecule has 0 saturated carbocycles. The van der Waals surface area contributed by atoms with Crippen molar-refractivity contribution >= 4 is 17.9 Å². The van der Waals surface area contributed by atoms with Crippen LogP contribution < -0.4 is 0 Å². The molecule has 0 aromatic heterocycles. The van der Waals surface area contributed by atoms with Crippen molar-refractivity contribution in [3.8, 4) is 0 Å². The first kappa shape index (κ1) is 68.3. The van der Waals surface area contributed by atoms with Gasteiger partial charge in [0.15, 0.2) is 6.10 Å². The fourth-order valence-corrected chi connectivity index (χ4v) is 7.39. The van der Waals surface area contributed by atoms with E-state index in [0.717, 1.165) is 141 Å². The summed E-state index contributed by atoms with van der Waals surface area (Å²) in [6.45, 7) is 6.38. The average Bonchev–Trinajstić information content (AvgIpc) is 3.39. The molecule has 0 aliphatic rings. The zero-order chi connectivity index (χ0) is 52.9. The van der Waals surface area contributed by atoms with Gasteiger partial charge in [0.2, 0.25) is 0 Å². The average molecular weight is 1010 g/mol. The zero-order valence-corrected chi connectivity index (χ0v) is 46.8. The van der Waals surface area contributed by atoms with Crippen molar-refractivity contribution in [2.75, 3.05) is 13.2 Å². The van der Waals surface area contributed by atoms with Crippen LogP contribution in [-0.2, 0) is 28.6 Å². The van der Waals surface area contributed by atoms with E-state index in [1.807, 2.05) is 0 Å². The Kier molecular flexibility index (Phi) is 56.0. The fourth-order valence-electron chi connectivity index (χ4n) is 7.39. The van der Waals surface area contributed by atoms with Crippen LogP contribution in [-0.4, -0.2) is 37.2 Å². The zero-order valence-electron chi connectivity index (χ0n) is 46.8. The molecule has 73 heavy (non-hydrogen) atoms. The SMILES string of the molecule is CC/C=C\C/C=C\C/C=C\C/C=C\C/C=C\C/C=C\C/C=C\C/C=C\C/C=C\CCCC(=O)OCC(COC(=O)CCCCCCC/C=C\CCCC)OC(=O)CCCCCCC/C=C\C/C=C\CCCCC. The molecule has 410 valence electrons. The highest BCUT2D eigenvalue weighted by atomic mass is 16.6. The topological polar surface area (TPSA) is 78.9 Å². The van der Waals surface area contributed by atoms with E-state index in [4.69, 9.17) is 14.2 Å². The van der Waals surface area contributed by atoms with Crippen molar-refractivity contribution in [1.82, 2.24) is 0 Å². The van der Waals surface area contributed by atoms with E-state index < -0.39 is 6.10 Å². The Hall–Kier alpha value is -4.71. The molecule has 0 fully saturated rings. The van der Waals surface area contributed by atoms with Crippen molar-refractivity contribution in [1.29, 1.82) is 0 Å². The lowest BCUT2D eigenvalue weighted by Crippen LogP contribution is -2.30. The predicted octanol–water partition coefficient (Wildman–Crippen LogP) is 20.0. The van der Waals surface area contributed by atoms with Gasteiger partial charge in [0.1, 0.15) is 13.2 Å². The van der Waals surface area contributed by atoms with Crippen LogP contribution in [0, 0.1) is 0 Å². The number of rotatable bonds is 51. The molecule has 0 radical (unpaired) electrons. The van der Waals surface area contributed by atoms with Crippen molar-refractivity contribution in [2.24, 2.45) is 0 Å². The lowest BCUT2D eigenvalue weighted by Gasteiger charge is -2.18. The smallest absolute Gasteiger partial charge is 0.306 e. The van der Waals surface area contributed by atoms with Crippen molar-refractivity contribution < 1.29 is 28.6 Å². The van der Waals surface area contributed by atoms with Crippen LogP contribution in [0.1, 0.15) is 239 Å². The van der Waals surface area contributed by atoms with Crippen molar-refractivity contribution in [2.45, 2.75) is 245 Å². The highest BCUT2D eigenvalue weighted by Crippen LogP contribution is 2.13. The fraction of sp³-hybridized carbons (Fsp3) is 0.597. The monoisotopic (exact) mass is 1010 g/mol. The van der Waals surface area contributed by atoms with Gasteiger partial charge in [-0.05, 0) is 135 Å². The summed E-state index contributed by atoms with van der Waals surface area (Å²) in [7, 11) is 0. The minimum Gasteiger partial charge on any atom is -0.462 e. The molecule has 0 saturated heterocycles. The maximum Gasteiger partial charge on any atom is 0.306 e. The van der Waals surface area contributed by atoms with E-state index in [-0.39, 0.29) is 37.5 Å². The summed E-state index contributed by atoms with van der Waals surface area (Å²) < 4.78 is 16.8. The molecule has 0 spiro atoms. The van der Waals surface area contributed by atoms with E-state index in [0.29, 0.717) is 19.3 Å². The Morgan fingerprint density at radius 3 is 0.945 bits per heavy atom. The van der Waals surface area contributed by atoms with E-state index in [9.17, 15) is 14.4 Å². The van der Waals surface area contributed by atoms with E-state index >= 15 is 0 Å². The normalized spacial score (nSPS) is 13.2. The molecule has 6 heteroatoms. The Labute approximate surface area is 448 Å². The molecule has 0 aliphatic carbocycles. The molecule has 1 unspecified atom stereocenters. The number of carbonyl (C=O) groups excluding carboxylic acids is 3. The molecule has 0 aromatic rings. The largest absolute Gasteiger partial charge is 0.462 e. The van der Waals surface area contributed by atoms with Crippen LogP contribution in [0.25, 0.3) is 0 Å².